The number of carbonyl (C=O) groups is 1. The highest BCUT2D eigenvalue weighted by Gasteiger charge is 2.39. The Balaban J connectivity index is 2.22. The molecule has 3 rings (SSSR count). The van der Waals surface area contributed by atoms with Gasteiger partial charge in [-0.05, 0) is 30.7 Å². The van der Waals surface area contributed by atoms with Gasteiger partial charge in [0.1, 0.15) is 22.8 Å². The third-order valence-electron chi connectivity index (χ3n) is 3.77. The molecule has 1 N–H and O–H groups in total. The lowest BCUT2D eigenvalue weighted by Gasteiger charge is -2.16. The number of cyclic esters (lactones) is 1. The summed E-state index contributed by atoms with van der Waals surface area (Å²) in [6.45, 7) is 1.88. The van der Waals surface area contributed by atoms with Crippen molar-refractivity contribution in [1.82, 2.24) is 0 Å². The fourth-order valence-electron chi connectivity index (χ4n) is 2.72. The summed E-state index contributed by atoms with van der Waals surface area (Å²) in [5.74, 6) is 0.535. The van der Waals surface area contributed by atoms with Crippen LogP contribution in [0.4, 0.5) is 0 Å². The van der Waals surface area contributed by atoms with Crippen molar-refractivity contribution in [2.24, 2.45) is 0 Å². The average Bonchev–Trinajstić information content (AvgIpc) is 2.84. The molecule has 0 aliphatic carbocycles. The summed E-state index contributed by atoms with van der Waals surface area (Å²) >= 11 is 0. The number of benzene rings is 2. The molecule has 1 aliphatic heterocycles. The number of esters is 1. The number of methoxy groups -OCH3 is 2. The molecule has 0 amide bonds. The first kappa shape index (κ1) is 14.3. The zero-order valence-corrected chi connectivity index (χ0v) is 12.5. The van der Waals surface area contributed by atoms with Crippen molar-refractivity contribution in [1.29, 1.82) is 0 Å². The summed E-state index contributed by atoms with van der Waals surface area (Å²) in [5.41, 5.74) is 2.35. The molecular weight excluding hydrogens is 284 g/mol. The highest BCUT2D eigenvalue weighted by molar-refractivity contribution is 5.98. The smallest absolute Gasteiger partial charge is 0.343 e. The Morgan fingerprint density at radius 3 is 2.41 bits per heavy atom. The van der Waals surface area contributed by atoms with Gasteiger partial charge in [0.05, 0.1) is 19.8 Å². The van der Waals surface area contributed by atoms with E-state index in [1.54, 1.807) is 24.3 Å². The van der Waals surface area contributed by atoms with Gasteiger partial charge in [0.15, 0.2) is 6.10 Å². The van der Waals surface area contributed by atoms with E-state index in [4.69, 9.17) is 14.2 Å². The van der Waals surface area contributed by atoms with Crippen LogP contribution in [0.2, 0.25) is 0 Å². The second-order valence-electron chi connectivity index (χ2n) is 5.11. The fourth-order valence-corrected chi connectivity index (χ4v) is 2.72. The fraction of sp³-hybridized carbons (Fsp3) is 0.235. The number of phenols is 1. The van der Waals surface area contributed by atoms with Crippen molar-refractivity contribution in [3.8, 4) is 17.2 Å². The van der Waals surface area contributed by atoms with Crippen molar-refractivity contribution in [3.05, 3.63) is 52.6 Å². The Bertz CT molecular complexity index is 751. The molecule has 1 atom stereocenters. The number of phenolic OH excluding ortho intramolecular Hbond substituents is 1. The Kier molecular flexibility index (Phi) is 3.41. The monoisotopic (exact) mass is 300 g/mol. The van der Waals surface area contributed by atoms with Gasteiger partial charge in [-0.3, -0.25) is 0 Å². The van der Waals surface area contributed by atoms with Crippen LogP contribution in [-0.4, -0.2) is 25.3 Å². The van der Waals surface area contributed by atoms with Crippen LogP contribution in [0.1, 0.15) is 33.2 Å². The maximum Gasteiger partial charge on any atom is 0.343 e. The molecular formula is C17H16O5. The topological polar surface area (TPSA) is 65.0 Å². The van der Waals surface area contributed by atoms with E-state index in [2.05, 4.69) is 0 Å². The van der Waals surface area contributed by atoms with Crippen LogP contribution in [0.5, 0.6) is 17.2 Å². The van der Waals surface area contributed by atoms with Crippen molar-refractivity contribution >= 4 is 5.97 Å². The summed E-state index contributed by atoms with van der Waals surface area (Å²) in [6, 6.07) is 8.62. The van der Waals surface area contributed by atoms with Crippen molar-refractivity contribution in [2.45, 2.75) is 13.0 Å². The van der Waals surface area contributed by atoms with Crippen LogP contribution in [0.15, 0.2) is 30.3 Å². The molecule has 0 bridgehead atoms. The maximum atomic E-state index is 12.2. The van der Waals surface area contributed by atoms with Crippen molar-refractivity contribution in [2.75, 3.05) is 14.2 Å². The van der Waals surface area contributed by atoms with Gasteiger partial charge in [-0.15, -0.1) is 0 Å². The summed E-state index contributed by atoms with van der Waals surface area (Å²) in [7, 11) is 3.02. The standard InChI is InChI=1S/C17H16O5/c1-9-4-5-10(11(18)8-9)16-14-12(20-2)6-7-13(21-3)15(14)17(19)22-16/h4-8,16,18H,1-3H3. The van der Waals surface area contributed by atoms with Gasteiger partial charge in [0.25, 0.3) is 0 Å². The van der Waals surface area contributed by atoms with E-state index in [1.165, 1.54) is 14.2 Å². The molecule has 2 aromatic rings. The number of rotatable bonds is 3. The molecule has 0 saturated heterocycles. The third-order valence-corrected chi connectivity index (χ3v) is 3.77. The SMILES string of the molecule is COc1ccc(OC)c2c1C(=O)OC2c1ccc(C)cc1O. The number of aryl methyl sites for hydroxylation is 1. The lowest BCUT2D eigenvalue weighted by Crippen LogP contribution is -2.02. The molecule has 2 aromatic carbocycles. The minimum atomic E-state index is -0.715. The number of aromatic hydroxyl groups is 1. The Morgan fingerprint density at radius 1 is 1.09 bits per heavy atom. The Labute approximate surface area is 128 Å². The van der Waals surface area contributed by atoms with Gasteiger partial charge in [-0.1, -0.05) is 12.1 Å². The van der Waals surface area contributed by atoms with Gasteiger partial charge in [0.2, 0.25) is 0 Å². The van der Waals surface area contributed by atoms with Crippen LogP contribution in [-0.2, 0) is 4.74 Å². The second kappa shape index (κ2) is 5.26. The van der Waals surface area contributed by atoms with Gasteiger partial charge >= 0.3 is 5.97 Å². The van der Waals surface area contributed by atoms with E-state index in [-0.39, 0.29) is 5.75 Å². The van der Waals surface area contributed by atoms with Gasteiger partial charge < -0.3 is 19.3 Å². The summed E-state index contributed by atoms with van der Waals surface area (Å²) in [5, 5.41) is 10.2. The summed E-state index contributed by atoms with van der Waals surface area (Å²) in [4.78, 5) is 12.2. The Morgan fingerprint density at radius 2 is 1.77 bits per heavy atom. The lowest BCUT2D eigenvalue weighted by molar-refractivity contribution is 0.0449. The van der Waals surface area contributed by atoms with Crippen molar-refractivity contribution < 1.29 is 24.1 Å². The quantitative estimate of drug-likeness (QED) is 0.883. The second-order valence-corrected chi connectivity index (χ2v) is 5.11. The molecule has 5 nitrogen and oxygen atoms in total. The minimum absolute atomic E-state index is 0.0792. The van der Waals surface area contributed by atoms with E-state index < -0.39 is 12.1 Å². The number of hydrogen-bond donors (Lipinski definition) is 1. The van der Waals surface area contributed by atoms with Gasteiger partial charge in [0, 0.05) is 5.56 Å². The van der Waals surface area contributed by atoms with E-state index in [9.17, 15) is 9.90 Å². The molecule has 0 saturated carbocycles. The molecule has 0 spiro atoms. The van der Waals surface area contributed by atoms with E-state index >= 15 is 0 Å². The first-order valence-electron chi connectivity index (χ1n) is 6.82. The number of ether oxygens (including phenoxy) is 3. The van der Waals surface area contributed by atoms with Crippen LogP contribution in [0.25, 0.3) is 0 Å². The minimum Gasteiger partial charge on any atom is -0.508 e. The van der Waals surface area contributed by atoms with E-state index in [1.807, 2.05) is 13.0 Å². The largest absolute Gasteiger partial charge is 0.508 e. The lowest BCUT2D eigenvalue weighted by atomic mass is 9.96. The first-order valence-corrected chi connectivity index (χ1v) is 6.82. The zero-order chi connectivity index (χ0) is 15.9. The van der Waals surface area contributed by atoms with Crippen LogP contribution in [0.3, 0.4) is 0 Å². The molecule has 1 heterocycles. The maximum absolute atomic E-state index is 12.2. The molecule has 5 heteroatoms. The molecule has 0 aromatic heterocycles. The summed E-state index contributed by atoms with van der Waals surface area (Å²) in [6.07, 6.45) is -0.715. The molecule has 0 radical (unpaired) electrons. The van der Waals surface area contributed by atoms with E-state index in [0.29, 0.717) is 28.2 Å². The first-order chi connectivity index (χ1) is 10.6. The highest BCUT2D eigenvalue weighted by Crippen LogP contribution is 2.47. The van der Waals surface area contributed by atoms with Gasteiger partial charge in [-0.25, -0.2) is 4.79 Å². The normalized spacial score (nSPS) is 16.1. The predicted molar refractivity (Wildman–Crippen MR) is 79.6 cm³/mol. The molecule has 1 aliphatic rings. The number of fused-ring (bicyclic) bond motifs is 1. The molecule has 22 heavy (non-hydrogen) atoms. The zero-order valence-electron chi connectivity index (χ0n) is 12.5. The van der Waals surface area contributed by atoms with Gasteiger partial charge in [-0.2, -0.15) is 0 Å². The number of carbonyl (C=O) groups excluding carboxylic acids is 1. The highest BCUT2D eigenvalue weighted by atomic mass is 16.6. The Hall–Kier alpha value is -2.69. The number of hydrogen-bond acceptors (Lipinski definition) is 5. The third kappa shape index (κ3) is 2.06. The summed E-state index contributed by atoms with van der Waals surface area (Å²) < 4.78 is 16.1. The van der Waals surface area contributed by atoms with Crippen LogP contribution < -0.4 is 9.47 Å². The molecule has 1 unspecified atom stereocenters. The van der Waals surface area contributed by atoms with Crippen molar-refractivity contribution in [3.63, 3.8) is 0 Å². The molecule has 0 fully saturated rings. The molecule has 114 valence electrons. The van der Waals surface area contributed by atoms with Crippen LogP contribution >= 0.6 is 0 Å². The predicted octanol–water partition coefficient (Wildman–Crippen LogP) is 2.98. The van der Waals surface area contributed by atoms with E-state index in [0.717, 1.165) is 5.56 Å². The van der Waals surface area contributed by atoms with Crippen LogP contribution in [0, 0.1) is 6.92 Å². The average molecular weight is 300 g/mol.